The maximum atomic E-state index is 5.54. The number of anilines is 1. The quantitative estimate of drug-likeness (QED) is 0.696. The van der Waals surface area contributed by atoms with Crippen LogP contribution >= 0.6 is 12.2 Å². The Kier molecular flexibility index (Phi) is 4.32. The zero-order chi connectivity index (χ0) is 10.4. The number of pyridine rings is 1. The summed E-state index contributed by atoms with van der Waals surface area (Å²) >= 11 is 4.83. The largest absolute Gasteiger partial charge is 0.490 e. The number of rotatable bonds is 5. The molecular weight excluding hydrogens is 196 g/mol. The van der Waals surface area contributed by atoms with E-state index in [4.69, 9.17) is 17.0 Å². The molecule has 0 aliphatic heterocycles. The van der Waals surface area contributed by atoms with E-state index in [0.717, 1.165) is 18.0 Å². The normalized spacial score (nSPS) is 9.57. The minimum atomic E-state index is 0.698. The fraction of sp³-hybridized carbons (Fsp3) is 0.400. The molecule has 0 N–H and O–H groups in total. The van der Waals surface area contributed by atoms with Crippen molar-refractivity contribution in [3.63, 3.8) is 0 Å². The highest BCUT2D eigenvalue weighted by molar-refractivity contribution is 7.79. The fourth-order valence-electron chi connectivity index (χ4n) is 1.02. The molecule has 0 spiro atoms. The second kappa shape index (κ2) is 5.54. The van der Waals surface area contributed by atoms with E-state index in [1.807, 2.05) is 19.2 Å². The average Bonchev–Trinajstić information content (AvgIpc) is 2.25. The predicted molar refractivity (Wildman–Crippen MR) is 62.1 cm³/mol. The third-order valence-electron chi connectivity index (χ3n) is 1.70. The van der Waals surface area contributed by atoms with Gasteiger partial charge < -0.3 is 9.64 Å². The molecule has 14 heavy (non-hydrogen) atoms. The summed E-state index contributed by atoms with van der Waals surface area (Å²) in [5, 5.41) is 0. The minimum Gasteiger partial charge on any atom is -0.490 e. The first-order valence-corrected chi connectivity index (χ1v) is 5.02. The van der Waals surface area contributed by atoms with Crippen LogP contribution in [-0.2, 0) is 0 Å². The molecule has 4 heteroatoms. The number of hydrogen-bond donors (Lipinski definition) is 0. The van der Waals surface area contributed by atoms with Gasteiger partial charge in [0.2, 0.25) is 0 Å². The highest BCUT2D eigenvalue weighted by Gasteiger charge is 2.06. The van der Waals surface area contributed by atoms with Crippen molar-refractivity contribution in [1.82, 2.24) is 4.98 Å². The van der Waals surface area contributed by atoms with Gasteiger partial charge >= 0.3 is 0 Å². The summed E-state index contributed by atoms with van der Waals surface area (Å²) in [5.74, 6) is 1.54. The Morgan fingerprint density at radius 2 is 2.43 bits per heavy atom. The first-order chi connectivity index (χ1) is 6.79. The Hall–Kier alpha value is -1.16. The highest BCUT2D eigenvalue weighted by atomic mass is 32.1. The van der Waals surface area contributed by atoms with Crippen LogP contribution in [0.5, 0.6) is 5.75 Å². The molecule has 0 saturated heterocycles. The van der Waals surface area contributed by atoms with Gasteiger partial charge in [-0.3, -0.25) is 0 Å². The zero-order valence-corrected chi connectivity index (χ0v) is 9.25. The molecule has 0 saturated carbocycles. The summed E-state index contributed by atoms with van der Waals surface area (Å²) in [4.78, 5) is 5.97. The third-order valence-corrected chi connectivity index (χ3v) is 2.02. The van der Waals surface area contributed by atoms with Gasteiger partial charge in [0.25, 0.3) is 0 Å². The third kappa shape index (κ3) is 2.67. The lowest BCUT2D eigenvalue weighted by atomic mass is 10.4. The van der Waals surface area contributed by atoms with Crippen molar-refractivity contribution >= 4 is 23.5 Å². The van der Waals surface area contributed by atoms with E-state index in [1.54, 1.807) is 16.6 Å². The smallest absolute Gasteiger partial charge is 0.175 e. The molecule has 0 bridgehead atoms. The number of hydrogen-bond acceptors (Lipinski definition) is 3. The molecule has 1 rings (SSSR count). The molecule has 1 heterocycles. The Balaban J connectivity index is 2.85. The molecule has 0 aliphatic rings. The van der Waals surface area contributed by atoms with E-state index < -0.39 is 0 Å². The van der Waals surface area contributed by atoms with Crippen molar-refractivity contribution < 1.29 is 4.74 Å². The van der Waals surface area contributed by atoms with Crippen molar-refractivity contribution in [3.8, 4) is 5.75 Å². The lowest BCUT2D eigenvalue weighted by molar-refractivity contribution is 0.317. The van der Waals surface area contributed by atoms with Gasteiger partial charge in [-0.25, -0.2) is 4.98 Å². The molecule has 1 aromatic heterocycles. The number of aromatic nitrogens is 1. The van der Waals surface area contributed by atoms with Gasteiger partial charge in [0.15, 0.2) is 11.6 Å². The number of ether oxygens (including phenoxy) is 1. The maximum Gasteiger partial charge on any atom is 0.175 e. The van der Waals surface area contributed by atoms with E-state index in [1.165, 1.54) is 0 Å². The molecule has 0 fully saturated rings. The standard InChI is InChI=1S/C10H14N2OS/c1-3-7-13-9-5-4-6-11-10(9)12(2)8-14/h4-6,8H,3,7H2,1-2H3. The molecule has 76 valence electrons. The number of thiocarbonyl (C=S) groups is 1. The van der Waals surface area contributed by atoms with Gasteiger partial charge in [-0.1, -0.05) is 19.1 Å². The monoisotopic (exact) mass is 210 g/mol. The van der Waals surface area contributed by atoms with Gasteiger partial charge in [0.1, 0.15) is 0 Å². The Bertz CT molecular complexity index is 304. The molecule has 3 nitrogen and oxygen atoms in total. The van der Waals surface area contributed by atoms with Gasteiger partial charge in [-0.15, -0.1) is 0 Å². The van der Waals surface area contributed by atoms with Gasteiger partial charge in [0.05, 0.1) is 12.1 Å². The van der Waals surface area contributed by atoms with Crippen molar-refractivity contribution in [1.29, 1.82) is 0 Å². The second-order valence-corrected chi connectivity index (χ2v) is 3.10. The van der Waals surface area contributed by atoms with Crippen molar-refractivity contribution in [2.24, 2.45) is 0 Å². The molecule has 0 radical (unpaired) electrons. The van der Waals surface area contributed by atoms with Crippen LogP contribution in [0.1, 0.15) is 13.3 Å². The molecule has 1 aromatic rings. The van der Waals surface area contributed by atoms with Crippen molar-refractivity contribution in [2.75, 3.05) is 18.6 Å². The van der Waals surface area contributed by atoms with Gasteiger partial charge in [-0.05, 0) is 18.6 Å². The molecule has 0 unspecified atom stereocenters. The van der Waals surface area contributed by atoms with Crippen LogP contribution in [0.25, 0.3) is 0 Å². The average molecular weight is 210 g/mol. The maximum absolute atomic E-state index is 5.54. The number of nitrogens with zero attached hydrogens (tertiary/aromatic N) is 2. The summed E-state index contributed by atoms with van der Waals surface area (Å²) in [5.41, 5.74) is 1.54. The van der Waals surface area contributed by atoms with E-state index in [9.17, 15) is 0 Å². The highest BCUT2D eigenvalue weighted by Crippen LogP contribution is 2.23. The predicted octanol–water partition coefficient (Wildman–Crippen LogP) is 2.26. The summed E-state index contributed by atoms with van der Waals surface area (Å²) < 4.78 is 5.54. The van der Waals surface area contributed by atoms with Crippen LogP contribution in [0, 0.1) is 0 Å². The summed E-state index contributed by atoms with van der Waals surface area (Å²) in [6, 6.07) is 3.75. The van der Waals surface area contributed by atoms with E-state index in [2.05, 4.69) is 11.9 Å². The van der Waals surface area contributed by atoms with Crippen molar-refractivity contribution in [3.05, 3.63) is 18.3 Å². The Morgan fingerprint density at radius 3 is 3.07 bits per heavy atom. The SMILES string of the molecule is CCCOc1cccnc1N(C)C=S. The summed E-state index contributed by atoms with van der Waals surface area (Å²) in [6.45, 7) is 2.77. The van der Waals surface area contributed by atoms with E-state index >= 15 is 0 Å². The van der Waals surface area contributed by atoms with Crippen LogP contribution in [0.4, 0.5) is 5.82 Å². The van der Waals surface area contributed by atoms with Gasteiger partial charge in [0, 0.05) is 13.2 Å². The zero-order valence-electron chi connectivity index (χ0n) is 8.43. The van der Waals surface area contributed by atoms with E-state index in [0.29, 0.717) is 6.61 Å². The van der Waals surface area contributed by atoms with Crippen LogP contribution in [0.2, 0.25) is 0 Å². The molecule has 0 atom stereocenters. The van der Waals surface area contributed by atoms with E-state index in [-0.39, 0.29) is 0 Å². The first-order valence-electron chi connectivity index (χ1n) is 4.55. The lowest BCUT2D eigenvalue weighted by Gasteiger charge is -2.15. The molecular formula is C10H14N2OS. The Labute approximate surface area is 89.7 Å². The topological polar surface area (TPSA) is 25.4 Å². The summed E-state index contributed by atoms with van der Waals surface area (Å²) in [7, 11) is 1.86. The lowest BCUT2D eigenvalue weighted by Crippen LogP contribution is -2.15. The molecule has 0 amide bonds. The van der Waals surface area contributed by atoms with Crippen LogP contribution in [0.15, 0.2) is 18.3 Å². The van der Waals surface area contributed by atoms with Crippen LogP contribution in [-0.4, -0.2) is 24.1 Å². The van der Waals surface area contributed by atoms with Crippen molar-refractivity contribution in [2.45, 2.75) is 13.3 Å². The Morgan fingerprint density at radius 1 is 1.64 bits per heavy atom. The summed E-state index contributed by atoms with van der Waals surface area (Å²) in [6.07, 6.45) is 2.71. The van der Waals surface area contributed by atoms with Crippen LogP contribution < -0.4 is 9.64 Å². The second-order valence-electron chi connectivity index (χ2n) is 2.89. The minimum absolute atomic E-state index is 0.698. The molecule has 0 aliphatic carbocycles. The first kappa shape index (κ1) is 10.9. The van der Waals surface area contributed by atoms with Gasteiger partial charge in [-0.2, -0.15) is 0 Å². The van der Waals surface area contributed by atoms with Crippen LogP contribution in [0.3, 0.4) is 0 Å². The fourth-order valence-corrected chi connectivity index (χ4v) is 1.12. The molecule has 0 aromatic carbocycles.